The van der Waals surface area contributed by atoms with E-state index in [1.54, 1.807) is 12.1 Å². The Hall–Kier alpha value is -2.38. The topological polar surface area (TPSA) is 83.6 Å². The number of H-pyrrole nitrogens is 1. The van der Waals surface area contributed by atoms with Gasteiger partial charge in [0.05, 0.1) is 10.8 Å². The van der Waals surface area contributed by atoms with Gasteiger partial charge in [0.25, 0.3) is 0 Å². The van der Waals surface area contributed by atoms with Gasteiger partial charge in [0.1, 0.15) is 5.82 Å². The van der Waals surface area contributed by atoms with Gasteiger partial charge >= 0.3 is 0 Å². The molecule has 0 saturated carbocycles. The van der Waals surface area contributed by atoms with E-state index in [1.807, 2.05) is 12.1 Å². The Bertz CT molecular complexity index is 848. The second-order valence-corrected chi connectivity index (χ2v) is 6.59. The third-order valence-electron chi connectivity index (χ3n) is 3.43. The van der Waals surface area contributed by atoms with Crippen LogP contribution in [0, 0.1) is 0 Å². The van der Waals surface area contributed by atoms with E-state index in [0.717, 1.165) is 12.0 Å². The minimum Gasteiger partial charge on any atom is -0.310 e. The van der Waals surface area contributed by atoms with Gasteiger partial charge in [-0.3, -0.25) is 9.89 Å². The third kappa shape index (κ3) is 4.80. The van der Waals surface area contributed by atoms with Gasteiger partial charge < -0.3 is 5.32 Å². The molecule has 3 aromatic rings. The quantitative estimate of drug-likeness (QED) is 0.642. The zero-order valence-corrected chi connectivity index (χ0v) is 15.1. The van der Waals surface area contributed by atoms with Crippen molar-refractivity contribution in [2.24, 2.45) is 0 Å². The monoisotopic (exact) mass is 373 g/mol. The summed E-state index contributed by atoms with van der Waals surface area (Å²) in [5.74, 6) is 1.15. The molecule has 0 fully saturated rings. The molecule has 0 radical (unpaired) electrons. The number of thioether (sulfide) groups is 1. The molecule has 128 valence electrons. The first-order valence-corrected chi connectivity index (χ1v) is 9.06. The lowest BCUT2D eigenvalue weighted by Crippen LogP contribution is -2.14. The standard InChI is InChI=1S/C17H16ClN5OS/c1-2-11-3-5-12(6-4-11)16-21-17(23-22-16)25-10-15(24)20-14-8-7-13(18)9-19-14/h3-9H,2,10H2,1H3,(H,19,20,24)(H,21,22,23). The van der Waals surface area contributed by atoms with Crippen LogP contribution in [-0.2, 0) is 11.2 Å². The number of anilines is 1. The molecule has 3 rings (SSSR count). The van der Waals surface area contributed by atoms with Crippen molar-refractivity contribution in [1.82, 2.24) is 20.2 Å². The van der Waals surface area contributed by atoms with Crippen LogP contribution in [0.5, 0.6) is 0 Å². The Balaban J connectivity index is 1.55. The molecular weight excluding hydrogens is 358 g/mol. The van der Waals surface area contributed by atoms with E-state index in [4.69, 9.17) is 11.6 Å². The predicted octanol–water partition coefficient (Wildman–Crippen LogP) is 3.81. The number of rotatable bonds is 6. The lowest BCUT2D eigenvalue weighted by molar-refractivity contribution is -0.113. The van der Waals surface area contributed by atoms with Gasteiger partial charge in [0.15, 0.2) is 5.82 Å². The molecule has 6 nitrogen and oxygen atoms in total. The van der Waals surface area contributed by atoms with Gasteiger partial charge in [-0.05, 0) is 24.1 Å². The first-order valence-electron chi connectivity index (χ1n) is 7.70. The molecule has 1 aromatic carbocycles. The Morgan fingerprint density at radius 1 is 1.24 bits per heavy atom. The number of nitrogens with zero attached hydrogens (tertiary/aromatic N) is 3. The fraction of sp³-hybridized carbons (Fsp3) is 0.176. The first-order chi connectivity index (χ1) is 12.1. The number of halogens is 1. The van der Waals surface area contributed by atoms with Gasteiger partial charge in [-0.25, -0.2) is 9.97 Å². The predicted molar refractivity (Wildman–Crippen MR) is 99.8 cm³/mol. The third-order valence-corrected chi connectivity index (χ3v) is 4.50. The molecule has 0 spiro atoms. The SMILES string of the molecule is CCc1ccc(-c2nc(SCC(=O)Nc3ccc(Cl)cn3)n[nH]2)cc1. The summed E-state index contributed by atoms with van der Waals surface area (Å²) in [6, 6.07) is 11.5. The number of amides is 1. The van der Waals surface area contributed by atoms with E-state index < -0.39 is 0 Å². The molecule has 0 aliphatic carbocycles. The van der Waals surface area contributed by atoms with Crippen LogP contribution in [0.15, 0.2) is 47.8 Å². The average molecular weight is 374 g/mol. The van der Waals surface area contributed by atoms with Crippen molar-refractivity contribution in [1.29, 1.82) is 0 Å². The van der Waals surface area contributed by atoms with Crippen LogP contribution in [0.4, 0.5) is 5.82 Å². The van der Waals surface area contributed by atoms with Gasteiger partial charge in [0.2, 0.25) is 11.1 Å². The molecule has 2 N–H and O–H groups in total. The normalized spacial score (nSPS) is 10.6. The molecule has 0 unspecified atom stereocenters. The Labute approximate surface area is 154 Å². The van der Waals surface area contributed by atoms with Gasteiger partial charge in [-0.1, -0.05) is 54.6 Å². The number of hydrogen-bond donors (Lipinski definition) is 2. The highest BCUT2D eigenvalue weighted by atomic mass is 35.5. The summed E-state index contributed by atoms with van der Waals surface area (Å²) in [7, 11) is 0. The molecule has 2 heterocycles. The zero-order chi connectivity index (χ0) is 17.6. The van der Waals surface area contributed by atoms with E-state index in [-0.39, 0.29) is 11.7 Å². The van der Waals surface area contributed by atoms with Crippen LogP contribution in [0.1, 0.15) is 12.5 Å². The molecule has 0 bridgehead atoms. The average Bonchev–Trinajstić information content (AvgIpc) is 3.11. The minimum atomic E-state index is -0.182. The van der Waals surface area contributed by atoms with Crippen molar-refractivity contribution in [3.63, 3.8) is 0 Å². The van der Waals surface area contributed by atoms with Crippen molar-refractivity contribution in [3.05, 3.63) is 53.2 Å². The summed E-state index contributed by atoms with van der Waals surface area (Å²) < 4.78 is 0. The second-order valence-electron chi connectivity index (χ2n) is 5.22. The van der Waals surface area contributed by atoms with Gasteiger partial charge in [-0.15, -0.1) is 5.10 Å². The lowest BCUT2D eigenvalue weighted by atomic mass is 10.1. The molecule has 8 heteroatoms. The van der Waals surface area contributed by atoms with Crippen LogP contribution in [-0.4, -0.2) is 31.8 Å². The van der Waals surface area contributed by atoms with Crippen LogP contribution in [0.3, 0.4) is 0 Å². The summed E-state index contributed by atoms with van der Waals surface area (Å²) >= 11 is 7.01. The number of aromatic nitrogens is 4. The number of aryl methyl sites for hydroxylation is 1. The van der Waals surface area contributed by atoms with Crippen LogP contribution < -0.4 is 5.32 Å². The number of hydrogen-bond acceptors (Lipinski definition) is 5. The van der Waals surface area contributed by atoms with Gasteiger partial charge in [-0.2, -0.15) is 0 Å². The van der Waals surface area contributed by atoms with Gasteiger partial charge in [0, 0.05) is 11.8 Å². The fourth-order valence-electron chi connectivity index (χ4n) is 2.10. The van der Waals surface area contributed by atoms with Crippen LogP contribution >= 0.6 is 23.4 Å². The number of carbonyl (C=O) groups is 1. The van der Waals surface area contributed by atoms with E-state index >= 15 is 0 Å². The maximum atomic E-state index is 11.9. The van der Waals surface area contributed by atoms with Crippen molar-refractivity contribution >= 4 is 35.1 Å². The summed E-state index contributed by atoms with van der Waals surface area (Å²) in [6.45, 7) is 2.11. The second kappa shape index (κ2) is 8.13. The van der Waals surface area contributed by atoms with Crippen molar-refractivity contribution < 1.29 is 4.79 Å². The Morgan fingerprint density at radius 3 is 2.72 bits per heavy atom. The smallest absolute Gasteiger partial charge is 0.236 e. The minimum absolute atomic E-state index is 0.182. The number of benzene rings is 1. The zero-order valence-electron chi connectivity index (χ0n) is 13.5. The Kier molecular flexibility index (Phi) is 5.67. The van der Waals surface area contributed by atoms with E-state index in [0.29, 0.717) is 21.8 Å². The molecule has 1 amide bonds. The van der Waals surface area contributed by atoms with E-state index in [9.17, 15) is 4.79 Å². The van der Waals surface area contributed by atoms with Crippen LogP contribution in [0.2, 0.25) is 5.02 Å². The maximum absolute atomic E-state index is 11.9. The molecule has 2 aromatic heterocycles. The molecule has 0 saturated heterocycles. The van der Waals surface area contributed by atoms with Crippen molar-refractivity contribution in [2.75, 3.05) is 11.1 Å². The van der Waals surface area contributed by atoms with Crippen LogP contribution in [0.25, 0.3) is 11.4 Å². The number of nitrogens with one attached hydrogen (secondary N) is 2. The lowest BCUT2D eigenvalue weighted by Gasteiger charge is -2.02. The summed E-state index contributed by atoms with van der Waals surface area (Å²) in [4.78, 5) is 20.4. The fourth-order valence-corrected chi connectivity index (χ4v) is 2.81. The van der Waals surface area contributed by atoms with E-state index in [2.05, 4.69) is 44.5 Å². The molecule has 0 aliphatic heterocycles. The molecule has 0 aliphatic rings. The highest BCUT2D eigenvalue weighted by molar-refractivity contribution is 7.99. The summed E-state index contributed by atoms with van der Waals surface area (Å²) in [5, 5.41) is 10.8. The number of pyridine rings is 1. The largest absolute Gasteiger partial charge is 0.310 e. The molecule has 0 atom stereocenters. The highest BCUT2D eigenvalue weighted by Crippen LogP contribution is 2.20. The summed E-state index contributed by atoms with van der Waals surface area (Å²) in [6.07, 6.45) is 2.48. The number of aromatic amines is 1. The Morgan fingerprint density at radius 2 is 2.04 bits per heavy atom. The molecule has 25 heavy (non-hydrogen) atoms. The van der Waals surface area contributed by atoms with Crippen molar-refractivity contribution in [2.45, 2.75) is 18.5 Å². The number of carbonyl (C=O) groups excluding carboxylic acids is 1. The first kappa shape index (κ1) is 17.4. The van der Waals surface area contributed by atoms with Crippen molar-refractivity contribution in [3.8, 4) is 11.4 Å². The highest BCUT2D eigenvalue weighted by Gasteiger charge is 2.09. The van der Waals surface area contributed by atoms with E-state index in [1.165, 1.54) is 23.5 Å². The molecular formula is C17H16ClN5OS. The maximum Gasteiger partial charge on any atom is 0.236 e. The summed E-state index contributed by atoms with van der Waals surface area (Å²) in [5.41, 5.74) is 2.23.